The van der Waals surface area contributed by atoms with Crippen molar-refractivity contribution in [3.63, 3.8) is 0 Å². The summed E-state index contributed by atoms with van der Waals surface area (Å²) < 4.78 is 15.1. The van der Waals surface area contributed by atoms with Gasteiger partial charge in [0.2, 0.25) is 0 Å². The van der Waals surface area contributed by atoms with Crippen LogP contribution in [0.4, 0.5) is 9.59 Å². The topological polar surface area (TPSA) is 78.0 Å². The van der Waals surface area contributed by atoms with Crippen molar-refractivity contribution in [1.29, 1.82) is 0 Å². The van der Waals surface area contributed by atoms with Crippen molar-refractivity contribution in [3.8, 4) is 5.75 Å². The number of amides is 1. The molecule has 0 radical (unpaired) electrons. The summed E-state index contributed by atoms with van der Waals surface area (Å²) in [7, 11) is 0. The van der Waals surface area contributed by atoms with Gasteiger partial charge in [-0.05, 0) is 56.5 Å². The molecule has 0 bridgehead atoms. The van der Waals surface area contributed by atoms with Gasteiger partial charge >= 0.3 is 12.2 Å². The summed E-state index contributed by atoms with van der Waals surface area (Å²) in [4.78, 5) is 30.1. The molecule has 7 heteroatoms. The van der Waals surface area contributed by atoms with Crippen LogP contribution < -0.4 is 4.74 Å². The first-order valence-corrected chi connectivity index (χ1v) is 9.21. The zero-order chi connectivity index (χ0) is 19.4. The average Bonchev–Trinajstić information content (AvgIpc) is 2.86. The molecule has 0 saturated carbocycles. The standard InChI is InChI=1S/C20H24N2O5/c1-4-25-19(23)22-10-8-15-13(3)16-12-14(27-20(24)26-5-2)6-7-17(16)21-18(15)9-11-22/h6-7,12H,4-5,8-11H2,1-3H3. The second-order valence-corrected chi connectivity index (χ2v) is 6.31. The van der Waals surface area contributed by atoms with Gasteiger partial charge in [0.05, 0.1) is 18.7 Å². The van der Waals surface area contributed by atoms with Gasteiger partial charge in [0.15, 0.2) is 0 Å². The highest BCUT2D eigenvalue weighted by Crippen LogP contribution is 2.29. The number of carbonyl (C=O) groups is 2. The fourth-order valence-corrected chi connectivity index (χ4v) is 3.35. The van der Waals surface area contributed by atoms with E-state index in [-0.39, 0.29) is 12.7 Å². The summed E-state index contributed by atoms with van der Waals surface area (Å²) in [5.41, 5.74) is 4.08. The first-order chi connectivity index (χ1) is 13.0. The summed E-state index contributed by atoms with van der Waals surface area (Å²) in [6.45, 7) is 7.39. The van der Waals surface area contributed by atoms with Crippen LogP contribution in [0.15, 0.2) is 18.2 Å². The van der Waals surface area contributed by atoms with Gasteiger partial charge in [-0.15, -0.1) is 0 Å². The Morgan fingerprint density at radius 2 is 1.85 bits per heavy atom. The number of hydrogen-bond donors (Lipinski definition) is 0. The van der Waals surface area contributed by atoms with Gasteiger partial charge in [0, 0.05) is 30.6 Å². The molecule has 27 heavy (non-hydrogen) atoms. The van der Waals surface area contributed by atoms with Gasteiger partial charge in [-0.25, -0.2) is 9.59 Å². The van der Waals surface area contributed by atoms with Crippen molar-refractivity contribution < 1.29 is 23.8 Å². The van der Waals surface area contributed by atoms with Crippen LogP contribution in [0.3, 0.4) is 0 Å². The first kappa shape index (κ1) is 18.9. The van der Waals surface area contributed by atoms with Crippen LogP contribution in [0.2, 0.25) is 0 Å². The number of aromatic nitrogens is 1. The normalized spacial score (nSPS) is 13.7. The van der Waals surface area contributed by atoms with Crippen LogP contribution >= 0.6 is 0 Å². The molecule has 1 aromatic heterocycles. The maximum atomic E-state index is 12.0. The number of nitrogens with zero attached hydrogens (tertiary/aromatic N) is 2. The molecule has 2 aromatic rings. The van der Waals surface area contributed by atoms with Crippen LogP contribution in [0.1, 0.15) is 30.7 Å². The van der Waals surface area contributed by atoms with Gasteiger partial charge in [-0.1, -0.05) is 0 Å². The molecule has 0 unspecified atom stereocenters. The van der Waals surface area contributed by atoms with E-state index in [9.17, 15) is 9.59 Å². The van der Waals surface area contributed by atoms with Gasteiger partial charge in [-0.2, -0.15) is 0 Å². The van der Waals surface area contributed by atoms with Crippen LogP contribution in [0.5, 0.6) is 5.75 Å². The van der Waals surface area contributed by atoms with Crippen molar-refractivity contribution >= 4 is 23.2 Å². The summed E-state index contributed by atoms with van der Waals surface area (Å²) in [5, 5.41) is 0.931. The third-order valence-corrected chi connectivity index (χ3v) is 4.67. The van der Waals surface area contributed by atoms with E-state index >= 15 is 0 Å². The molecule has 0 saturated heterocycles. The Kier molecular flexibility index (Phi) is 5.78. The molecule has 0 aliphatic carbocycles. The highest BCUT2D eigenvalue weighted by Gasteiger charge is 2.22. The third-order valence-electron chi connectivity index (χ3n) is 4.67. The minimum absolute atomic E-state index is 0.261. The number of rotatable bonds is 3. The Balaban J connectivity index is 1.89. The first-order valence-electron chi connectivity index (χ1n) is 9.21. The average molecular weight is 372 g/mol. The van der Waals surface area contributed by atoms with Crippen LogP contribution in [-0.4, -0.2) is 48.4 Å². The highest BCUT2D eigenvalue weighted by atomic mass is 16.7. The largest absolute Gasteiger partial charge is 0.513 e. The number of benzene rings is 1. The Labute approximate surface area is 158 Å². The number of pyridine rings is 1. The summed E-state index contributed by atoms with van der Waals surface area (Å²) in [6.07, 6.45) is 0.401. The zero-order valence-corrected chi connectivity index (χ0v) is 15.9. The number of ether oxygens (including phenoxy) is 3. The summed E-state index contributed by atoms with van der Waals surface area (Å²) >= 11 is 0. The molecular weight excluding hydrogens is 348 g/mol. The molecule has 1 aliphatic rings. The van der Waals surface area contributed by atoms with Crippen molar-refractivity contribution in [3.05, 3.63) is 35.0 Å². The lowest BCUT2D eigenvalue weighted by Crippen LogP contribution is -2.33. The molecule has 0 spiro atoms. The molecule has 1 amide bonds. The fraction of sp³-hybridized carbons (Fsp3) is 0.450. The molecule has 0 N–H and O–H groups in total. The summed E-state index contributed by atoms with van der Waals surface area (Å²) in [6, 6.07) is 5.35. The van der Waals surface area contributed by atoms with E-state index in [1.54, 1.807) is 24.8 Å². The van der Waals surface area contributed by atoms with Gasteiger partial charge in [-0.3, -0.25) is 4.98 Å². The van der Waals surface area contributed by atoms with Gasteiger partial charge < -0.3 is 19.1 Å². The second-order valence-electron chi connectivity index (χ2n) is 6.31. The maximum Gasteiger partial charge on any atom is 0.513 e. The Morgan fingerprint density at radius 1 is 1.11 bits per heavy atom. The van der Waals surface area contributed by atoms with E-state index in [0.29, 0.717) is 38.3 Å². The molecule has 3 rings (SSSR count). The van der Waals surface area contributed by atoms with E-state index < -0.39 is 6.16 Å². The van der Waals surface area contributed by atoms with Crippen LogP contribution in [0.25, 0.3) is 10.9 Å². The fourth-order valence-electron chi connectivity index (χ4n) is 3.35. The predicted octanol–water partition coefficient (Wildman–Crippen LogP) is 3.64. The molecule has 7 nitrogen and oxygen atoms in total. The van der Waals surface area contributed by atoms with Crippen molar-refractivity contribution in [1.82, 2.24) is 9.88 Å². The molecule has 0 fully saturated rings. The monoisotopic (exact) mass is 372 g/mol. The lowest BCUT2D eigenvalue weighted by atomic mass is 9.98. The molecule has 0 atom stereocenters. The predicted molar refractivity (Wildman–Crippen MR) is 100 cm³/mol. The Bertz CT molecular complexity index is 865. The van der Waals surface area contributed by atoms with Gasteiger partial charge in [0.25, 0.3) is 0 Å². The lowest BCUT2D eigenvalue weighted by Gasteiger charge is -2.18. The van der Waals surface area contributed by atoms with Crippen LogP contribution in [0, 0.1) is 6.92 Å². The zero-order valence-electron chi connectivity index (χ0n) is 15.9. The van der Waals surface area contributed by atoms with E-state index in [4.69, 9.17) is 19.2 Å². The Morgan fingerprint density at radius 3 is 2.59 bits per heavy atom. The molecule has 144 valence electrons. The number of hydrogen-bond acceptors (Lipinski definition) is 6. The summed E-state index contributed by atoms with van der Waals surface area (Å²) in [5.74, 6) is 0.424. The minimum Gasteiger partial charge on any atom is -0.450 e. The van der Waals surface area contributed by atoms with Gasteiger partial charge in [0.1, 0.15) is 5.75 Å². The van der Waals surface area contributed by atoms with Crippen LogP contribution in [-0.2, 0) is 22.3 Å². The van der Waals surface area contributed by atoms with Crippen molar-refractivity contribution in [2.24, 2.45) is 0 Å². The number of fused-ring (bicyclic) bond motifs is 2. The van der Waals surface area contributed by atoms with Crippen molar-refractivity contribution in [2.75, 3.05) is 26.3 Å². The molecular formula is C20H24N2O5. The van der Waals surface area contributed by atoms with E-state index in [2.05, 4.69) is 0 Å². The Hall–Kier alpha value is -2.83. The quantitative estimate of drug-likeness (QED) is 0.605. The number of aryl methyl sites for hydroxylation is 1. The van der Waals surface area contributed by atoms with E-state index in [1.807, 2.05) is 19.1 Å². The molecule has 1 aliphatic heterocycles. The lowest BCUT2D eigenvalue weighted by molar-refractivity contribution is 0.104. The highest BCUT2D eigenvalue weighted by molar-refractivity contribution is 5.85. The molecule has 1 aromatic carbocycles. The third kappa shape index (κ3) is 4.13. The van der Waals surface area contributed by atoms with E-state index in [0.717, 1.165) is 27.7 Å². The second kappa shape index (κ2) is 8.24. The number of carbonyl (C=O) groups excluding carboxylic acids is 2. The molecule has 2 heterocycles. The van der Waals surface area contributed by atoms with Crippen molar-refractivity contribution in [2.45, 2.75) is 33.6 Å². The maximum absolute atomic E-state index is 12.0. The minimum atomic E-state index is -0.720. The SMILES string of the molecule is CCOC(=O)Oc1ccc2nc3c(c(C)c2c1)CCN(C(=O)OCC)CC3. The smallest absolute Gasteiger partial charge is 0.450 e. The van der Waals surface area contributed by atoms with E-state index in [1.165, 1.54) is 0 Å².